The van der Waals surface area contributed by atoms with Crippen LogP contribution in [0, 0.1) is 6.92 Å². The lowest BCUT2D eigenvalue weighted by molar-refractivity contribution is -0.144. The van der Waals surface area contributed by atoms with Crippen LogP contribution in [0.2, 0.25) is 0 Å². The van der Waals surface area contributed by atoms with Crippen LogP contribution in [0.3, 0.4) is 0 Å². The maximum Gasteiger partial charge on any atom is 0.384 e. The van der Waals surface area contributed by atoms with Gasteiger partial charge in [0.25, 0.3) is 0 Å². The first-order chi connectivity index (χ1) is 16.1. The van der Waals surface area contributed by atoms with Gasteiger partial charge in [-0.3, -0.25) is 4.52 Å². The summed E-state index contributed by atoms with van der Waals surface area (Å²) in [5.74, 6) is -1.38. The van der Waals surface area contributed by atoms with Crippen molar-refractivity contribution in [2.45, 2.75) is 39.9 Å². The van der Waals surface area contributed by atoms with Gasteiger partial charge in [0.1, 0.15) is 29.4 Å². The number of carboxylic acids is 1. The standard InChI is InChI=1S/C24H27O9P/c1-14(13-34(29,32-16(3)23(26)27)33-17-8-6-5-7-9-17)10-11-18-21(25)20-19(12-31-24(20)28)15(2)22(18)30-4/h5-10,16,25H,11-13H2,1-4H3,(H,26,27)/t16-,34?/m0/s1. The first-order valence-electron chi connectivity index (χ1n) is 10.5. The summed E-state index contributed by atoms with van der Waals surface area (Å²) in [4.78, 5) is 23.4. The number of benzene rings is 2. The summed E-state index contributed by atoms with van der Waals surface area (Å²) in [6.07, 6.45) is 0.313. The number of hydrogen-bond acceptors (Lipinski definition) is 8. The Morgan fingerprint density at radius 3 is 2.59 bits per heavy atom. The molecule has 2 atom stereocenters. The van der Waals surface area contributed by atoms with Crippen LogP contribution in [-0.4, -0.2) is 41.5 Å². The van der Waals surface area contributed by atoms with Gasteiger partial charge in [0.05, 0.1) is 13.3 Å². The highest BCUT2D eigenvalue weighted by atomic mass is 31.2. The third-order valence-electron chi connectivity index (χ3n) is 5.40. The minimum absolute atomic E-state index is 0.0676. The molecule has 0 saturated heterocycles. The third-order valence-corrected chi connectivity index (χ3v) is 7.41. The van der Waals surface area contributed by atoms with Crippen LogP contribution in [-0.2, 0) is 31.6 Å². The van der Waals surface area contributed by atoms with Crippen molar-refractivity contribution >= 4 is 19.5 Å². The molecule has 2 aromatic rings. The Hall–Kier alpha value is -3.29. The molecule has 3 rings (SSSR count). The average molecular weight is 490 g/mol. The van der Waals surface area contributed by atoms with Crippen molar-refractivity contribution in [3.05, 3.63) is 64.2 Å². The van der Waals surface area contributed by atoms with Crippen LogP contribution in [0.15, 0.2) is 42.0 Å². The Balaban J connectivity index is 1.89. The molecule has 0 fully saturated rings. The molecule has 1 heterocycles. The van der Waals surface area contributed by atoms with Crippen molar-refractivity contribution in [2.24, 2.45) is 0 Å². The maximum absolute atomic E-state index is 13.5. The molecule has 0 amide bonds. The highest BCUT2D eigenvalue weighted by molar-refractivity contribution is 7.54. The van der Waals surface area contributed by atoms with Crippen LogP contribution >= 0.6 is 7.60 Å². The summed E-state index contributed by atoms with van der Waals surface area (Å²) in [5.41, 5.74) is 2.35. The number of phenols is 1. The van der Waals surface area contributed by atoms with E-state index in [2.05, 4.69) is 0 Å². The van der Waals surface area contributed by atoms with Gasteiger partial charge in [-0.2, -0.15) is 0 Å². The first kappa shape index (κ1) is 25.3. The highest BCUT2D eigenvalue weighted by Crippen LogP contribution is 2.51. The van der Waals surface area contributed by atoms with Crippen molar-refractivity contribution in [3.8, 4) is 17.2 Å². The maximum atomic E-state index is 13.5. The smallest absolute Gasteiger partial charge is 0.384 e. The number of rotatable bonds is 10. The number of carbonyl (C=O) groups excluding carboxylic acids is 1. The molecule has 2 N–H and O–H groups in total. The minimum Gasteiger partial charge on any atom is -0.507 e. The van der Waals surface area contributed by atoms with Gasteiger partial charge in [-0.25, -0.2) is 14.2 Å². The molecule has 0 bridgehead atoms. The number of aromatic hydroxyl groups is 1. The molecule has 2 aromatic carbocycles. The summed E-state index contributed by atoms with van der Waals surface area (Å²) in [6.45, 7) is 4.81. The monoisotopic (exact) mass is 490 g/mol. The number of aliphatic carboxylic acids is 1. The van der Waals surface area contributed by atoms with Gasteiger partial charge in [0, 0.05) is 11.1 Å². The highest BCUT2D eigenvalue weighted by Gasteiger charge is 2.33. The Bertz CT molecular complexity index is 1170. The number of phenolic OH excluding ortho intramolecular Hbond substituents is 1. The molecule has 34 heavy (non-hydrogen) atoms. The van der Waals surface area contributed by atoms with Gasteiger partial charge in [-0.05, 0) is 44.9 Å². The molecule has 1 unspecified atom stereocenters. The molecule has 0 aliphatic carbocycles. The summed E-state index contributed by atoms with van der Waals surface area (Å²) < 4.78 is 35.0. The lowest BCUT2D eigenvalue weighted by Crippen LogP contribution is -2.21. The van der Waals surface area contributed by atoms with E-state index in [0.29, 0.717) is 28.0 Å². The third kappa shape index (κ3) is 5.43. The van der Waals surface area contributed by atoms with Gasteiger partial charge in [0.2, 0.25) is 0 Å². The second kappa shape index (κ2) is 10.3. The second-order valence-corrected chi connectivity index (χ2v) is 9.86. The second-order valence-electron chi connectivity index (χ2n) is 7.93. The predicted octanol–water partition coefficient (Wildman–Crippen LogP) is 4.63. The van der Waals surface area contributed by atoms with Crippen LogP contribution in [0.4, 0.5) is 0 Å². The molecular formula is C24H27O9P. The quantitative estimate of drug-likeness (QED) is 0.278. The normalized spacial score (nSPS) is 15.8. The zero-order valence-corrected chi connectivity index (χ0v) is 20.3. The van der Waals surface area contributed by atoms with E-state index in [0.717, 1.165) is 0 Å². The SMILES string of the molecule is COc1c(C)c2c(c(O)c1CC=C(C)CP(=O)(Oc1ccccc1)O[C@@H](C)C(=O)O)C(=O)OC2. The van der Waals surface area contributed by atoms with E-state index in [1.165, 1.54) is 14.0 Å². The summed E-state index contributed by atoms with van der Waals surface area (Å²) in [5, 5.41) is 20.0. The van der Waals surface area contributed by atoms with E-state index in [9.17, 15) is 24.4 Å². The minimum atomic E-state index is -3.91. The fourth-order valence-electron chi connectivity index (χ4n) is 3.69. The number of hydrogen-bond donors (Lipinski definition) is 2. The Morgan fingerprint density at radius 1 is 1.29 bits per heavy atom. The van der Waals surface area contributed by atoms with E-state index in [4.69, 9.17) is 18.5 Å². The molecule has 10 heteroatoms. The molecule has 1 aliphatic rings. The molecule has 182 valence electrons. The van der Waals surface area contributed by atoms with Gasteiger partial charge in [-0.15, -0.1) is 0 Å². The van der Waals surface area contributed by atoms with Gasteiger partial charge >= 0.3 is 19.5 Å². The molecule has 1 aliphatic heterocycles. The zero-order valence-electron chi connectivity index (χ0n) is 19.4. The average Bonchev–Trinajstić information content (AvgIpc) is 3.17. The number of carbonyl (C=O) groups is 2. The molecule has 0 aromatic heterocycles. The Labute approximate surface area is 197 Å². The van der Waals surface area contributed by atoms with Gasteiger partial charge in [0.15, 0.2) is 6.10 Å². The van der Waals surface area contributed by atoms with Crippen molar-refractivity contribution in [3.63, 3.8) is 0 Å². The molecule has 0 saturated carbocycles. The number of methoxy groups -OCH3 is 1. The van der Waals surface area contributed by atoms with Crippen molar-refractivity contribution in [1.29, 1.82) is 0 Å². The van der Waals surface area contributed by atoms with Crippen LogP contribution in [0.25, 0.3) is 0 Å². The lowest BCUT2D eigenvalue weighted by atomic mass is 9.95. The fourth-order valence-corrected chi connectivity index (χ4v) is 5.63. The topological polar surface area (TPSA) is 129 Å². The summed E-state index contributed by atoms with van der Waals surface area (Å²) >= 11 is 0. The number of ether oxygens (including phenoxy) is 2. The van der Waals surface area contributed by atoms with E-state index in [1.54, 1.807) is 50.3 Å². The summed E-state index contributed by atoms with van der Waals surface area (Å²) in [6, 6.07) is 8.34. The van der Waals surface area contributed by atoms with Crippen LogP contribution in [0.1, 0.15) is 40.9 Å². The van der Waals surface area contributed by atoms with Crippen molar-refractivity contribution < 1.29 is 42.9 Å². The molecule has 0 radical (unpaired) electrons. The number of fused-ring (bicyclic) bond motifs is 1. The molecular weight excluding hydrogens is 463 g/mol. The van der Waals surface area contributed by atoms with Crippen LogP contribution < -0.4 is 9.26 Å². The first-order valence-corrected chi connectivity index (χ1v) is 12.3. The van der Waals surface area contributed by atoms with Gasteiger partial charge < -0.3 is 24.2 Å². The van der Waals surface area contributed by atoms with E-state index < -0.39 is 25.6 Å². The predicted molar refractivity (Wildman–Crippen MR) is 124 cm³/mol. The van der Waals surface area contributed by atoms with E-state index in [-0.39, 0.29) is 36.3 Å². The van der Waals surface area contributed by atoms with Crippen molar-refractivity contribution in [2.75, 3.05) is 13.3 Å². The van der Waals surface area contributed by atoms with Gasteiger partial charge in [-0.1, -0.05) is 29.8 Å². The van der Waals surface area contributed by atoms with E-state index in [1.807, 2.05) is 0 Å². The summed E-state index contributed by atoms with van der Waals surface area (Å²) in [7, 11) is -2.44. The fraction of sp³-hybridized carbons (Fsp3) is 0.333. The molecule has 9 nitrogen and oxygen atoms in total. The zero-order chi connectivity index (χ0) is 25.0. The number of esters is 1. The number of carboxylic acid groups (broad SMARTS) is 1. The van der Waals surface area contributed by atoms with Crippen LogP contribution in [0.5, 0.6) is 17.2 Å². The lowest BCUT2D eigenvalue weighted by Gasteiger charge is -2.22. The molecule has 0 spiro atoms. The number of para-hydroxylation sites is 1. The van der Waals surface area contributed by atoms with E-state index >= 15 is 0 Å². The van der Waals surface area contributed by atoms with Crippen molar-refractivity contribution in [1.82, 2.24) is 0 Å². The Kier molecular flexibility index (Phi) is 7.69. The number of cyclic esters (lactones) is 1. The number of allylic oxidation sites excluding steroid dienone is 2. The Morgan fingerprint density at radius 2 is 1.97 bits per heavy atom. The largest absolute Gasteiger partial charge is 0.507 e.